The highest BCUT2D eigenvalue weighted by Crippen LogP contribution is 2.38. The second kappa shape index (κ2) is 5.52. The first-order valence-corrected chi connectivity index (χ1v) is 6.62. The predicted octanol–water partition coefficient (Wildman–Crippen LogP) is 1.43. The van der Waals surface area contributed by atoms with Crippen LogP contribution in [0.2, 0.25) is 0 Å². The average molecular weight is 281 g/mol. The second-order valence-corrected chi connectivity index (χ2v) is 5.42. The van der Waals surface area contributed by atoms with E-state index in [4.69, 9.17) is 4.52 Å². The van der Waals surface area contributed by atoms with Gasteiger partial charge in [0.05, 0.1) is 12.0 Å². The summed E-state index contributed by atoms with van der Waals surface area (Å²) in [4.78, 5) is 23.1. The molecule has 1 aliphatic rings. The fraction of sp³-hybridized carbons (Fsp3) is 0.615. The Kier molecular flexibility index (Phi) is 3.96. The van der Waals surface area contributed by atoms with E-state index in [0.717, 1.165) is 6.42 Å². The fourth-order valence-electron chi connectivity index (χ4n) is 2.54. The number of urea groups is 1. The van der Waals surface area contributed by atoms with Gasteiger partial charge in [-0.15, -0.1) is 0 Å². The Morgan fingerprint density at radius 3 is 2.95 bits per heavy atom. The molecule has 1 fully saturated rings. The first-order chi connectivity index (χ1) is 9.41. The van der Waals surface area contributed by atoms with Crippen molar-refractivity contribution in [1.82, 2.24) is 15.8 Å². The molecule has 0 radical (unpaired) electrons. The molecular formula is C13H19N3O4. The molecule has 7 nitrogen and oxygen atoms in total. The number of nitrogens with one attached hydrogen (secondary N) is 2. The van der Waals surface area contributed by atoms with Gasteiger partial charge in [-0.05, 0) is 26.7 Å². The number of aromatic nitrogens is 1. The number of carboxylic acid groups (broad SMARTS) is 1. The van der Waals surface area contributed by atoms with E-state index in [0.29, 0.717) is 24.3 Å². The van der Waals surface area contributed by atoms with Crippen LogP contribution in [0.25, 0.3) is 0 Å². The van der Waals surface area contributed by atoms with E-state index in [2.05, 4.69) is 15.8 Å². The van der Waals surface area contributed by atoms with Gasteiger partial charge in [0.15, 0.2) is 0 Å². The number of nitrogens with zero attached hydrogens (tertiary/aromatic N) is 1. The molecule has 1 aliphatic carbocycles. The molecule has 1 aromatic rings. The van der Waals surface area contributed by atoms with Crippen LogP contribution in [0.3, 0.4) is 0 Å². The van der Waals surface area contributed by atoms with Crippen molar-refractivity contribution < 1.29 is 19.2 Å². The normalized spacial score (nSPS) is 25.4. The number of carbonyl (C=O) groups excluding carboxylic acids is 1. The summed E-state index contributed by atoms with van der Waals surface area (Å²) in [5.41, 5.74) is -0.257. The summed E-state index contributed by atoms with van der Waals surface area (Å²) < 4.78 is 4.90. The molecule has 2 rings (SSSR count). The smallest absolute Gasteiger partial charge is 0.315 e. The van der Waals surface area contributed by atoms with Gasteiger partial charge in [-0.1, -0.05) is 11.6 Å². The molecule has 3 N–H and O–H groups in total. The summed E-state index contributed by atoms with van der Waals surface area (Å²) in [5, 5.41) is 18.4. The van der Waals surface area contributed by atoms with Crippen LogP contribution in [0.5, 0.6) is 0 Å². The zero-order valence-corrected chi connectivity index (χ0v) is 11.6. The summed E-state index contributed by atoms with van der Waals surface area (Å²) in [5.74, 6) is -0.191. The van der Waals surface area contributed by atoms with Gasteiger partial charge in [-0.3, -0.25) is 4.79 Å². The lowest BCUT2D eigenvalue weighted by atomic mass is 9.85. The summed E-state index contributed by atoms with van der Waals surface area (Å²) in [6.07, 6.45) is 2.06. The van der Waals surface area contributed by atoms with Crippen LogP contribution in [0.4, 0.5) is 4.79 Å². The average Bonchev–Trinajstić information content (AvgIpc) is 2.95. The third kappa shape index (κ3) is 2.92. The van der Waals surface area contributed by atoms with Gasteiger partial charge < -0.3 is 20.3 Å². The number of amides is 2. The Hall–Kier alpha value is -2.05. The number of carbonyl (C=O) groups is 2. The molecule has 0 spiro atoms. The first kappa shape index (κ1) is 14.4. The molecule has 20 heavy (non-hydrogen) atoms. The number of hydrogen-bond acceptors (Lipinski definition) is 4. The Balaban J connectivity index is 1.86. The number of carboxylic acids is 1. The molecule has 0 aliphatic heterocycles. The van der Waals surface area contributed by atoms with E-state index < -0.39 is 11.4 Å². The highest BCUT2D eigenvalue weighted by molar-refractivity contribution is 5.79. The van der Waals surface area contributed by atoms with Crippen molar-refractivity contribution in [3.05, 3.63) is 17.5 Å². The zero-order chi connectivity index (χ0) is 14.8. The topological polar surface area (TPSA) is 104 Å². The quantitative estimate of drug-likeness (QED) is 0.774. The summed E-state index contributed by atoms with van der Waals surface area (Å²) in [6, 6.07) is 1.00. The molecular weight excluding hydrogens is 262 g/mol. The minimum atomic E-state index is -0.887. The highest BCUT2D eigenvalue weighted by atomic mass is 16.5. The van der Waals surface area contributed by atoms with Crippen molar-refractivity contribution >= 4 is 12.0 Å². The van der Waals surface area contributed by atoms with Crippen LogP contribution < -0.4 is 10.6 Å². The van der Waals surface area contributed by atoms with Gasteiger partial charge in [0, 0.05) is 12.1 Å². The second-order valence-electron chi connectivity index (χ2n) is 5.42. The van der Waals surface area contributed by atoms with Crippen LogP contribution in [-0.2, 0) is 11.3 Å². The lowest BCUT2D eigenvalue weighted by Gasteiger charge is -2.27. The van der Waals surface area contributed by atoms with Gasteiger partial charge in [-0.25, -0.2) is 4.79 Å². The molecule has 110 valence electrons. The molecule has 2 amide bonds. The Bertz CT molecular complexity index is 513. The zero-order valence-electron chi connectivity index (χ0n) is 11.6. The van der Waals surface area contributed by atoms with Crippen molar-refractivity contribution in [2.45, 2.75) is 45.7 Å². The molecule has 0 aromatic carbocycles. The van der Waals surface area contributed by atoms with Gasteiger partial charge in [0.1, 0.15) is 11.5 Å². The minimum absolute atomic E-state index is 0.250. The van der Waals surface area contributed by atoms with Crippen LogP contribution >= 0.6 is 0 Å². The van der Waals surface area contributed by atoms with Crippen molar-refractivity contribution in [1.29, 1.82) is 0 Å². The van der Waals surface area contributed by atoms with E-state index in [1.807, 2.05) is 0 Å². The molecule has 1 saturated carbocycles. The number of hydrogen-bond donors (Lipinski definition) is 3. The maximum Gasteiger partial charge on any atom is 0.315 e. The van der Waals surface area contributed by atoms with Crippen LogP contribution in [0.15, 0.2) is 10.6 Å². The Morgan fingerprint density at radius 2 is 2.35 bits per heavy atom. The van der Waals surface area contributed by atoms with Crippen LogP contribution in [-0.4, -0.2) is 28.3 Å². The van der Waals surface area contributed by atoms with E-state index in [9.17, 15) is 14.7 Å². The van der Waals surface area contributed by atoms with Crippen LogP contribution in [0, 0.1) is 12.3 Å². The number of aryl methyl sites for hydroxylation is 1. The molecule has 0 saturated heterocycles. The highest BCUT2D eigenvalue weighted by Gasteiger charge is 2.45. The van der Waals surface area contributed by atoms with Gasteiger partial charge in [-0.2, -0.15) is 0 Å². The van der Waals surface area contributed by atoms with Gasteiger partial charge in [0.2, 0.25) is 0 Å². The lowest BCUT2D eigenvalue weighted by molar-refractivity contribution is -0.148. The maximum atomic E-state index is 11.8. The molecule has 2 unspecified atom stereocenters. The monoisotopic (exact) mass is 281 g/mol. The summed E-state index contributed by atoms with van der Waals surface area (Å²) in [6.45, 7) is 3.70. The van der Waals surface area contributed by atoms with Crippen molar-refractivity contribution in [2.24, 2.45) is 5.41 Å². The SMILES string of the molecule is Cc1cc(CNC(=O)NC2CCCC2(C)C(=O)O)no1. The molecule has 1 heterocycles. The molecule has 2 atom stereocenters. The molecule has 7 heteroatoms. The van der Waals surface area contributed by atoms with Crippen molar-refractivity contribution in [2.75, 3.05) is 0 Å². The fourth-order valence-corrected chi connectivity index (χ4v) is 2.54. The standard InChI is InChI=1S/C13H19N3O4/c1-8-6-9(16-20-8)7-14-12(19)15-10-4-3-5-13(10,2)11(17)18/h6,10H,3-5,7H2,1-2H3,(H,17,18)(H2,14,15,19). The summed E-state index contributed by atoms with van der Waals surface area (Å²) >= 11 is 0. The van der Waals surface area contributed by atoms with Crippen molar-refractivity contribution in [3.63, 3.8) is 0 Å². The maximum absolute atomic E-state index is 11.8. The molecule has 0 bridgehead atoms. The largest absolute Gasteiger partial charge is 0.481 e. The third-order valence-corrected chi connectivity index (χ3v) is 3.86. The lowest BCUT2D eigenvalue weighted by Crippen LogP contribution is -2.50. The van der Waals surface area contributed by atoms with E-state index in [1.165, 1.54) is 0 Å². The Morgan fingerprint density at radius 1 is 1.60 bits per heavy atom. The van der Waals surface area contributed by atoms with E-state index >= 15 is 0 Å². The Labute approximate surface area is 116 Å². The van der Waals surface area contributed by atoms with Gasteiger partial charge in [0.25, 0.3) is 0 Å². The minimum Gasteiger partial charge on any atom is -0.481 e. The molecule has 1 aromatic heterocycles. The number of aliphatic carboxylic acids is 1. The first-order valence-electron chi connectivity index (χ1n) is 6.62. The van der Waals surface area contributed by atoms with E-state index in [-0.39, 0.29) is 18.6 Å². The van der Waals surface area contributed by atoms with E-state index in [1.54, 1.807) is 19.9 Å². The number of rotatable bonds is 4. The third-order valence-electron chi connectivity index (χ3n) is 3.86. The van der Waals surface area contributed by atoms with Gasteiger partial charge >= 0.3 is 12.0 Å². The van der Waals surface area contributed by atoms with Crippen LogP contribution in [0.1, 0.15) is 37.6 Å². The predicted molar refractivity (Wildman–Crippen MR) is 70.0 cm³/mol. The summed E-state index contributed by atoms with van der Waals surface area (Å²) in [7, 11) is 0. The van der Waals surface area contributed by atoms with Crippen molar-refractivity contribution in [3.8, 4) is 0 Å².